The Labute approximate surface area is 122 Å². The Morgan fingerprint density at radius 3 is 2.86 bits per heavy atom. The molecule has 5 heteroatoms. The van der Waals surface area contributed by atoms with Crippen molar-refractivity contribution >= 4 is 10.8 Å². The van der Waals surface area contributed by atoms with Gasteiger partial charge in [-0.05, 0) is 35.4 Å². The van der Waals surface area contributed by atoms with Gasteiger partial charge in [0.2, 0.25) is 0 Å². The van der Waals surface area contributed by atoms with E-state index in [1.165, 1.54) is 0 Å². The first-order chi connectivity index (χ1) is 10.2. The maximum Gasteiger partial charge on any atom is 0.255 e. The normalized spacial score (nSPS) is 12.5. The highest BCUT2D eigenvalue weighted by atomic mass is 16.5. The molecule has 0 amide bonds. The summed E-state index contributed by atoms with van der Waals surface area (Å²) < 4.78 is 10.3. The molecule has 0 fully saturated rings. The fraction of sp³-hybridized carbons (Fsp3) is 0.250. The van der Waals surface area contributed by atoms with Gasteiger partial charge in [0.05, 0.1) is 7.11 Å². The lowest BCUT2D eigenvalue weighted by Gasteiger charge is -2.06. The molecular weight excluding hydrogens is 268 g/mol. The number of aromatic nitrogens is 2. The Bertz CT molecular complexity index is 765. The van der Waals surface area contributed by atoms with Gasteiger partial charge in [0.1, 0.15) is 11.9 Å². The molecule has 108 valence electrons. The lowest BCUT2D eigenvalue weighted by molar-refractivity contribution is 0.151. The minimum absolute atomic E-state index is 0.239. The van der Waals surface area contributed by atoms with Crippen molar-refractivity contribution in [1.29, 1.82) is 0 Å². The Morgan fingerprint density at radius 1 is 1.29 bits per heavy atom. The van der Waals surface area contributed by atoms with Gasteiger partial charge in [0, 0.05) is 6.42 Å². The molecule has 21 heavy (non-hydrogen) atoms. The molecule has 0 saturated carbocycles. The second kappa shape index (κ2) is 5.54. The number of aliphatic hydroxyl groups is 1. The average molecular weight is 284 g/mol. The smallest absolute Gasteiger partial charge is 0.255 e. The Hall–Kier alpha value is -2.40. The van der Waals surface area contributed by atoms with Crippen LogP contribution in [0.2, 0.25) is 0 Å². The summed E-state index contributed by atoms with van der Waals surface area (Å²) in [6, 6.07) is 12.0. The topological polar surface area (TPSA) is 68.4 Å². The van der Waals surface area contributed by atoms with Crippen LogP contribution >= 0.6 is 0 Å². The molecule has 0 aliphatic rings. The predicted octanol–water partition coefficient (Wildman–Crippen LogP) is 2.88. The van der Waals surface area contributed by atoms with Gasteiger partial charge in [0.25, 0.3) is 5.89 Å². The van der Waals surface area contributed by atoms with E-state index in [0.29, 0.717) is 12.2 Å². The summed E-state index contributed by atoms with van der Waals surface area (Å²) >= 11 is 0. The number of benzene rings is 2. The number of aliphatic hydroxyl groups excluding tert-OH is 1. The monoisotopic (exact) mass is 284 g/mol. The van der Waals surface area contributed by atoms with Crippen molar-refractivity contribution in [3.8, 4) is 5.75 Å². The Morgan fingerprint density at radius 2 is 2.14 bits per heavy atom. The number of hydrogen-bond acceptors (Lipinski definition) is 5. The average Bonchev–Trinajstić information content (AvgIpc) is 2.96. The molecule has 3 aromatic rings. The molecule has 1 N–H and O–H groups in total. The van der Waals surface area contributed by atoms with E-state index in [1.807, 2.05) is 30.3 Å². The van der Waals surface area contributed by atoms with Crippen molar-refractivity contribution in [2.24, 2.45) is 0 Å². The molecule has 0 spiro atoms. The molecule has 1 unspecified atom stereocenters. The maximum atomic E-state index is 9.43. The Kier molecular flexibility index (Phi) is 3.58. The Balaban J connectivity index is 1.99. The van der Waals surface area contributed by atoms with Gasteiger partial charge in [-0.15, -0.1) is 0 Å². The highest BCUT2D eigenvalue weighted by Crippen LogP contribution is 2.25. The largest absolute Gasteiger partial charge is 0.497 e. The maximum absolute atomic E-state index is 9.43. The lowest BCUT2D eigenvalue weighted by Crippen LogP contribution is -1.95. The van der Waals surface area contributed by atoms with Crippen LogP contribution in [0.4, 0.5) is 0 Å². The van der Waals surface area contributed by atoms with Crippen LogP contribution in [-0.4, -0.2) is 22.4 Å². The molecule has 0 radical (unpaired) electrons. The van der Waals surface area contributed by atoms with Gasteiger partial charge in [0.15, 0.2) is 5.82 Å². The number of hydrogen-bond donors (Lipinski definition) is 1. The lowest BCUT2D eigenvalue weighted by atomic mass is 10.0. The van der Waals surface area contributed by atoms with Gasteiger partial charge in [-0.3, -0.25) is 0 Å². The van der Waals surface area contributed by atoms with Crippen LogP contribution < -0.4 is 4.74 Å². The molecule has 5 nitrogen and oxygen atoms in total. The number of ether oxygens (including phenoxy) is 1. The summed E-state index contributed by atoms with van der Waals surface area (Å²) in [6.45, 7) is 1.60. The van der Waals surface area contributed by atoms with Crippen LogP contribution in [0.1, 0.15) is 30.3 Å². The zero-order chi connectivity index (χ0) is 14.8. The molecule has 2 aromatic carbocycles. The van der Waals surface area contributed by atoms with Gasteiger partial charge >= 0.3 is 0 Å². The summed E-state index contributed by atoms with van der Waals surface area (Å²) in [5.74, 6) is 1.61. The number of methoxy groups -OCH3 is 1. The van der Waals surface area contributed by atoms with E-state index in [4.69, 9.17) is 9.26 Å². The van der Waals surface area contributed by atoms with E-state index in [9.17, 15) is 5.11 Å². The van der Waals surface area contributed by atoms with Gasteiger partial charge in [-0.25, -0.2) is 0 Å². The van der Waals surface area contributed by atoms with Crippen LogP contribution in [-0.2, 0) is 6.42 Å². The van der Waals surface area contributed by atoms with E-state index >= 15 is 0 Å². The molecule has 0 bridgehead atoms. The zero-order valence-corrected chi connectivity index (χ0v) is 11.9. The summed E-state index contributed by atoms with van der Waals surface area (Å²) in [5.41, 5.74) is 1.09. The third-order valence-corrected chi connectivity index (χ3v) is 3.37. The van der Waals surface area contributed by atoms with Crippen molar-refractivity contribution in [3.05, 3.63) is 53.7 Å². The van der Waals surface area contributed by atoms with Crippen LogP contribution in [0.15, 0.2) is 40.9 Å². The van der Waals surface area contributed by atoms with Gasteiger partial charge < -0.3 is 14.4 Å². The van der Waals surface area contributed by atoms with E-state index in [1.54, 1.807) is 14.0 Å². The quantitative estimate of drug-likeness (QED) is 0.797. The van der Waals surface area contributed by atoms with Crippen molar-refractivity contribution < 1.29 is 14.4 Å². The first kappa shape index (κ1) is 13.6. The van der Waals surface area contributed by atoms with E-state index in [0.717, 1.165) is 22.1 Å². The third kappa shape index (κ3) is 2.73. The van der Waals surface area contributed by atoms with E-state index in [-0.39, 0.29) is 5.89 Å². The summed E-state index contributed by atoms with van der Waals surface area (Å²) in [4.78, 5) is 4.20. The number of fused-ring (bicyclic) bond motifs is 1. The minimum Gasteiger partial charge on any atom is -0.497 e. The number of nitrogens with zero attached hydrogens (tertiary/aromatic N) is 2. The predicted molar refractivity (Wildman–Crippen MR) is 78.2 cm³/mol. The third-order valence-electron chi connectivity index (χ3n) is 3.37. The zero-order valence-electron chi connectivity index (χ0n) is 11.9. The van der Waals surface area contributed by atoms with Gasteiger partial charge in [-0.2, -0.15) is 4.98 Å². The molecule has 1 heterocycles. The van der Waals surface area contributed by atoms with Crippen molar-refractivity contribution in [1.82, 2.24) is 10.1 Å². The standard InChI is InChI=1S/C16H16N2O3/c1-10(19)16-17-15(18-21-16)8-12-5-3-4-11-6-7-13(20-2)9-14(11)12/h3-7,9-10,19H,8H2,1-2H3. The first-order valence-electron chi connectivity index (χ1n) is 6.73. The molecule has 1 aromatic heterocycles. The molecule has 3 rings (SSSR count). The second-order valence-electron chi connectivity index (χ2n) is 4.91. The fourth-order valence-corrected chi connectivity index (χ4v) is 2.28. The van der Waals surface area contributed by atoms with Gasteiger partial charge in [-0.1, -0.05) is 29.4 Å². The molecule has 1 atom stereocenters. The summed E-state index contributed by atoms with van der Waals surface area (Å²) in [6.07, 6.45) is -0.209. The highest BCUT2D eigenvalue weighted by Gasteiger charge is 2.12. The van der Waals surface area contributed by atoms with Crippen LogP contribution in [0.25, 0.3) is 10.8 Å². The first-order valence-corrected chi connectivity index (χ1v) is 6.73. The SMILES string of the molecule is COc1ccc2cccc(Cc3noc(C(C)O)n3)c2c1. The fourth-order valence-electron chi connectivity index (χ4n) is 2.28. The van der Waals surface area contributed by atoms with E-state index < -0.39 is 6.10 Å². The highest BCUT2D eigenvalue weighted by molar-refractivity contribution is 5.87. The van der Waals surface area contributed by atoms with Crippen LogP contribution in [0, 0.1) is 0 Å². The molecular formula is C16H16N2O3. The van der Waals surface area contributed by atoms with Crippen LogP contribution in [0.3, 0.4) is 0 Å². The second-order valence-corrected chi connectivity index (χ2v) is 4.91. The summed E-state index contributed by atoms with van der Waals surface area (Å²) in [7, 11) is 1.65. The molecule has 0 aliphatic carbocycles. The number of rotatable bonds is 4. The van der Waals surface area contributed by atoms with Crippen molar-refractivity contribution in [3.63, 3.8) is 0 Å². The summed E-state index contributed by atoms with van der Waals surface area (Å²) in [5, 5.41) is 15.6. The molecule has 0 saturated heterocycles. The van der Waals surface area contributed by atoms with Crippen molar-refractivity contribution in [2.45, 2.75) is 19.4 Å². The van der Waals surface area contributed by atoms with E-state index in [2.05, 4.69) is 16.2 Å². The van der Waals surface area contributed by atoms with Crippen LogP contribution in [0.5, 0.6) is 5.75 Å². The minimum atomic E-state index is -0.751. The van der Waals surface area contributed by atoms with Crippen molar-refractivity contribution in [2.75, 3.05) is 7.11 Å². The molecule has 0 aliphatic heterocycles.